The summed E-state index contributed by atoms with van der Waals surface area (Å²) < 4.78 is 5.78. The smallest absolute Gasteiger partial charge is 0.436 e. The second-order valence-electron chi connectivity index (χ2n) is 5.56. The summed E-state index contributed by atoms with van der Waals surface area (Å²) in [5, 5.41) is 18.3. The molecule has 1 aromatic heterocycles. The Morgan fingerprint density at radius 1 is 0.708 bits per heavy atom. The van der Waals surface area contributed by atoms with E-state index in [1.807, 2.05) is 60.7 Å². The molecule has 24 heavy (non-hydrogen) atoms. The Kier molecular flexibility index (Phi) is 3.65. The Bertz CT molecular complexity index is 943. The molecule has 116 valence electrons. The molecule has 4 nitrogen and oxygen atoms in total. The number of nitrogens with zero attached hydrogens (tertiary/aromatic N) is 1. The predicted octanol–water partition coefficient (Wildman–Crippen LogP) is 2.84. The molecule has 4 rings (SSSR count). The Balaban J connectivity index is 1.64. The molecule has 0 bridgehead atoms. The van der Waals surface area contributed by atoms with Gasteiger partial charge in [0.15, 0.2) is 5.58 Å². The molecule has 0 amide bonds. The topological polar surface area (TPSA) is 66.5 Å². The molecule has 3 aromatic carbocycles. The summed E-state index contributed by atoms with van der Waals surface area (Å²) in [4.78, 5) is 4.49. The van der Waals surface area contributed by atoms with E-state index >= 15 is 0 Å². The summed E-state index contributed by atoms with van der Waals surface area (Å²) >= 11 is 0. The van der Waals surface area contributed by atoms with Crippen molar-refractivity contribution in [3.05, 3.63) is 72.8 Å². The Morgan fingerprint density at radius 2 is 1.29 bits per heavy atom. The zero-order valence-corrected chi connectivity index (χ0v) is 12.8. The van der Waals surface area contributed by atoms with Gasteiger partial charge in [0, 0.05) is 5.56 Å². The van der Waals surface area contributed by atoms with Crippen molar-refractivity contribution in [3.63, 3.8) is 0 Å². The van der Waals surface area contributed by atoms with Gasteiger partial charge in [-0.05, 0) is 40.9 Å². The van der Waals surface area contributed by atoms with E-state index in [0.717, 1.165) is 27.8 Å². The van der Waals surface area contributed by atoms with E-state index in [9.17, 15) is 0 Å². The first-order chi connectivity index (χ1) is 11.7. The SMILES string of the molecule is OB(O)c1ccc(-c2ccc(-c3nc4ccccc4o3)cc2)cc1. The van der Waals surface area contributed by atoms with Gasteiger partial charge in [-0.15, -0.1) is 0 Å². The molecule has 0 radical (unpaired) electrons. The minimum atomic E-state index is -1.44. The molecule has 0 aliphatic rings. The van der Waals surface area contributed by atoms with Gasteiger partial charge < -0.3 is 14.5 Å². The van der Waals surface area contributed by atoms with E-state index in [0.29, 0.717) is 11.4 Å². The predicted molar refractivity (Wildman–Crippen MR) is 94.7 cm³/mol. The maximum absolute atomic E-state index is 9.15. The van der Waals surface area contributed by atoms with Crippen molar-refractivity contribution in [2.75, 3.05) is 0 Å². The fourth-order valence-electron chi connectivity index (χ4n) is 2.65. The van der Waals surface area contributed by atoms with Crippen LogP contribution < -0.4 is 5.46 Å². The molecule has 5 heteroatoms. The maximum atomic E-state index is 9.15. The molecule has 4 aromatic rings. The lowest BCUT2D eigenvalue weighted by Crippen LogP contribution is -2.29. The molecular formula is C19H14BNO3. The second kappa shape index (κ2) is 5.96. The summed E-state index contributed by atoms with van der Waals surface area (Å²) in [7, 11) is -1.44. The Labute approximate surface area is 139 Å². The molecule has 0 aliphatic carbocycles. The Morgan fingerprint density at radius 3 is 1.92 bits per heavy atom. The quantitative estimate of drug-likeness (QED) is 0.571. The third kappa shape index (κ3) is 2.71. The standard InChI is InChI=1S/C19H14BNO3/c22-20(23)16-11-9-14(10-12-16)13-5-7-15(8-6-13)19-21-17-3-1-2-4-18(17)24-19/h1-12,22-23H. The van der Waals surface area contributed by atoms with Gasteiger partial charge in [-0.1, -0.05) is 48.5 Å². The molecule has 1 heterocycles. The molecular weight excluding hydrogens is 301 g/mol. The van der Waals surface area contributed by atoms with Gasteiger partial charge in [0.1, 0.15) is 5.52 Å². The summed E-state index contributed by atoms with van der Waals surface area (Å²) in [6.45, 7) is 0. The van der Waals surface area contributed by atoms with E-state index in [2.05, 4.69) is 4.98 Å². The normalized spacial score (nSPS) is 10.9. The Hall–Kier alpha value is -2.89. The van der Waals surface area contributed by atoms with E-state index in [1.54, 1.807) is 12.1 Å². The van der Waals surface area contributed by atoms with Gasteiger partial charge in [0.25, 0.3) is 0 Å². The summed E-state index contributed by atoms with van der Waals surface area (Å²) in [6.07, 6.45) is 0. The number of benzene rings is 3. The first-order valence-corrected chi connectivity index (χ1v) is 7.63. The van der Waals surface area contributed by atoms with Crippen molar-refractivity contribution in [1.82, 2.24) is 4.98 Å². The van der Waals surface area contributed by atoms with Crippen LogP contribution in [0, 0.1) is 0 Å². The molecule has 2 N–H and O–H groups in total. The lowest BCUT2D eigenvalue weighted by Gasteiger charge is -2.04. The van der Waals surface area contributed by atoms with Gasteiger partial charge >= 0.3 is 7.12 Å². The zero-order valence-electron chi connectivity index (χ0n) is 12.8. The summed E-state index contributed by atoms with van der Waals surface area (Å²) in [6, 6.07) is 22.7. The molecule has 0 spiro atoms. The third-order valence-corrected chi connectivity index (χ3v) is 3.97. The highest BCUT2D eigenvalue weighted by Gasteiger charge is 2.11. The lowest BCUT2D eigenvalue weighted by atomic mass is 9.80. The van der Waals surface area contributed by atoms with Crippen LogP contribution in [-0.4, -0.2) is 22.2 Å². The highest BCUT2D eigenvalue weighted by Crippen LogP contribution is 2.26. The number of rotatable bonds is 3. The first-order valence-electron chi connectivity index (χ1n) is 7.63. The third-order valence-electron chi connectivity index (χ3n) is 3.97. The van der Waals surface area contributed by atoms with E-state index in [4.69, 9.17) is 14.5 Å². The van der Waals surface area contributed by atoms with Gasteiger partial charge in [-0.25, -0.2) is 4.98 Å². The van der Waals surface area contributed by atoms with E-state index < -0.39 is 7.12 Å². The summed E-state index contributed by atoms with van der Waals surface area (Å²) in [5.74, 6) is 0.599. The van der Waals surface area contributed by atoms with Crippen LogP contribution in [0.25, 0.3) is 33.7 Å². The summed E-state index contributed by atoms with van der Waals surface area (Å²) in [5.41, 5.74) is 5.04. The first kappa shape index (κ1) is 14.7. The zero-order chi connectivity index (χ0) is 16.5. The maximum Gasteiger partial charge on any atom is 0.488 e. The molecule has 0 unspecified atom stereocenters. The molecule has 0 saturated heterocycles. The van der Waals surface area contributed by atoms with Crippen molar-refractivity contribution in [2.45, 2.75) is 0 Å². The van der Waals surface area contributed by atoms with Crippen LogP contribution in [0.5, 0.6) is 0 Å². The van der Waals surface area contributed by atoms with Crippen LogP contribution in [0.2, 0.25) is 0 Å². The average molecular weight is 315 g/mol. The second-order valence-corrected chi connectivity index (χ2v) is 5.56. The van der Waals surface area contributed by atoms with Crippen LogP contribution >= 0.6 is 0 Å². The molecule has 0 saturated carbocycles. The monoisotopic (exact) mass is 315 g/mol. The van der Waals surface area contributed by atoms with Crippen LogP contribution in [0.4, 0.5) is 0 Å². The highest BCUT2D eigenvalue weighted by atomic mass is 16.4. The van der Waals surface area contributed by atoms with Crippen molar-refractivity contribution in [1.29, 1.82) is 0 Å². The number of para-hydroxylation sites is 2. The van der Waals surface area contributed by atoms with Crippen molar-refractivity contribution in [2.24, 2.45) is 0 Å². The lowest BCUT2D eigenvalue weighted by molar-refractivity contribution is 0.426. The number of fused-ring (bicyclic) bond motifs is 1. The van der Waals surface area contributed by atoms with Gasteiger partial charge in [0.05, 0.1) is 0 Å². The van der Waals surface area contributed by atoms with Crippen molar-refractivity contribution >= 4 is 23.7 Å². The number of hydrogen-bond acceptors (Lipinski definition) is 4. The minimum Gasteiger partial charge on any atom is -0.436 e. The minimum absolute atomic E-state index is 0.474. The van der Waals surface area contributed by atoms with Crippen LogP contribution in [-0.2, 0) is 0 Å². The number of oxazole rings is 1. The molecule has 0 aliphatic heterocycles. The molecule has 0 atom stereocenters. The van der Waals surface area contributed by atoms with Crippen LogP contribution in [0.3, 0.4) is 0 Å². The van der Waals surface area contributed by atoms with E-state index in [1.165, 1.54) is 0 Å². The number of aromatic nitrogens is 1. The fraction of sp³-hybridized carbons (Fsp3) is 0. The van der Waals surface area contributed by atoms with E-state index in [-0.39, 0.29) is 0 Å². The highest BCUT2D eigenvalue weighted by molar-refractivity contribution is 6.58. The van der Waals surface area contributed by atoms with Crippen LogP contribution in [0.15, 0.2) is 77.2 Å². The van der Waals surface area contributed by atoms with Crippen molar-refractivity contribution in [3.8, 4) is 22.6 Å². The van der Waals surface area contributed by atoms with Crippen LogP contribution in [0.1, 0.15) is 0 Å². The number of hydrogen-bond donors (Lipinski definition) is 2. The van der Waals surface area contributed by atoms with Crippen molar-refractivity contribution < 1.29 is 14.5 Å². The van der Waals surface area contributed by atoms with Gasteiger partial charge in [-0.2, -0.15) is 0 Å². The average Bonchev–Trinajstić information content (AvgIpc) is 3.06. The van der Waals surface area contributed by atoms with Gasteiger partial charge in [0.2, 0.25) is 5.89 Å². The fourth-order valence-corrected chi connectivity index (χ4v) is 2.65. The van der Waals surface area contributed by atoms with Gasteiger partial charge in [-0.3, -0.25) is 0 Å². The molecule has 0 fully saturated rings. The largest absolute Gasteiger partial charge is 0.488 e.